The fourth-order valence-corrected chi connectivity index (χ4v) is 1.88. The van der Waals surface area contributed by atoms with Crippen LogP contribution in [0.4, 0.5) is 0 Å². The Morgan fingerprint density at radius 2 is 1.94 bits per heavy atom. The smallest absolute Gasteiger partial charge is 0.270 e. The van der Waals surface area contributed by atoms with E-state index in [1.807, 2.05) is 32.2 Å². The molecule has 100 valence electrons. The van der Waals surface area contributed by atoms with Crippen LogP contribution in [0.5, 0.6) is 0 Å². The van der Waals surface area contributed by atoms with Crippen molar-refractivity contribution in [2.24, 2.45) is 0 Å². The standard InChI is InChI=1S/C15H24N2O/c1-6-15(5,7-2)12-8-9-13(16-10-12)14(18)17-11(3)4/h8-11H,6-7H2,1-5H3,(H,17,18). The van der Waals surface area contributed by atoms with Crippen molar-refractivity contribution in [3.05, 3.63) is 29.6 Å². The molecule has 1 heterocycles. The van der Waals surface area contributed by atoms with Crippen molar-refractivity contribution in [3.63, 3.8) is 0 Å². The Bertz CT molecular complexity index is 391. The lowest BCUT2D eigenvalue weighted by molar-refractivity contribution is 0.0938. The van der Waals surface area contributed by atoms with E-state index in [0.717, 1.165) is 12.8 Å². The van der Waals surface area contributed by atoms with Crippen molar-refractivity contribution < 1.29 is 4.79 Å². The van der Waals surface area contributed by atoms with Crippen LogP contribution >= 0.6 is 0 Å². The van der Waals surface area contributed by atoms with Crippen LogP contribution in [0.1, 0.15) is 63.5 Å². The van der Waals surface area contributed by atoms with Gasteiger partial charge in [0.2, 0.25) is 0 Å². The molecule has 1 aromatic heterocycles. The maximum Gasteiger partial charge on any atom is 0.270 e. The molecule has 3 heteroatoms. The van der Waals surface area contributed by atoms with Gasteiger partial charge in [-0.2, -0.15) is 0 Å². The summed E-state index contributed by atoms with van der Waals surface area (Å²) in [4.78, 5) is 16.1. The highest BCUT2D eigenvalue weighted by Gasteiger charge is 2.22. The molecule has 0 atom stereocenters. The third kappa shape index (κ3) is 3.31. The minimum absolute atomic E-state index is 0.105. The summed E-state index contributed by atoms with van der Waals surface area (Å²) in [5.74, 6) is -0.105. The third-order valence-corrected chi connectivity index (χ3v) is 3.67. The molecule has 18 heavy (non-hydrogen) atoms. The van der Waals surface area contributed by atoms with Gasteiger partial charge in [0, 0.05) is 12.2 Å². The molecule has 0 aliphatic heterocycles. The molecule has 0 unspecified atom stereocenters. The van der Waals surface area contributed by atoms with Gasteiger partial charge in [0.1, 0.15) is 5.69 Å². The van der Waals surface area contributed by atoms with Crippen molar-refractivity contribution in [3.8, 4) is 0 Å². The highest BCUT2D eigenvalue weighted by Crippen LogP contribution is 2.30. The topological polar surface area (TPSA) is 42.0 Å². The Morgan fingerprint density at radius 3 is 2.33 bits per heavy atom. The Morgan fingerprint density at radius 1 is 1.33 bits per heavy atom. The lowest BCUT2D eigenvalue weighted by Crippen LogP contribution is -2.31. The first-order chi connectivity index (χ1) is 8.42. The summed E-state index contributed by atoms with van der Waals surface area (Å²) in [6, 6.07) is 3.97. The number of aromatic nitrogens is 1. The highest BCUT2D eigenvalue weighted by atomic mass is 16.1. The Hall–Kier alpha value is -1.38. The Labute approximate surface area is 110 Å². The van der Waals surface area contributed by atoms with E-state index in [2.05, 4.69) is 31.1 Å². The molecule has 0 radical (unpaired) electrons. The number of nitrogens with one attached hydrogen (secondary N) is 1. The number of amides is 1. The van der Waals surface area contributed by atoms with Gasteiger partial charge in [-0.15, -0.1) is 0 Å². The van der Waals surface area contributed by atoms with E-state index in [1.165, 1.54) is 5.56 Å². The summed E-state index contributed by atoms with van der Waals surface area (Å²) in [6.45, 7) is 10.5. The SMILES string of the molecule is CCC(C)(CC)c1ccc(C(=O)NC(C)C)nc1. The summed E-state index contributed by atoms with van der Waals surface area (Å²) in [7, 11) is 0. The maximum absolute atomic E-state index is 11.8. The fraction of sp³-hybridized carbons (Fsp3) is 0.600. The van der Waals surface area contributed by atoms with Crippen LogP contribution in [-0.4, -0.2) is 16.9 Å². The zero-order valence-corrected chi connectivity index (χ0v) is 12.1. The first-order valence-corrected chi connectivity index (χ1v) is 6.70. The van der Waals surface area contributed by atoms with Gasteiger partial charge in [0.15, 0.2) is 0 Å². The summed E-state index contributed by atoms with van der Waals surface area (Å²) in [6.07, 6.45) is 3.98. The zero-order valence-electron chi connectivity index (χ0n) is 12.1. The lowest BCUT2D eigenvalue weighted by Gasteiger charge is -2.26. The van der Waals surface area contributed by atoms with Gasteiger partial charge in [0.25, 0.3) is 5.91 Å². The number of hydrogen-bond donors (Lipinski definition) is 1. The molecule has 0 aliphatic rings. The van der Waals surface area contributed by atoms with E-state index >= 15 is 0 Å². The van der Waals surface area contributed by atoms with Crippen LogP contribution in [0.3, 0.4) is 0 Å². The van der Waals surface area contributed by atoms with E-state index in [-0.39, 0.29) is 17.4 Å². The second-order valence-electron chi connectivity index (χ2n) is 5.33. The monoisotopic (exact) mass is 248 g/mol. The average Bonchev–Trinajstić information content (AvgIpc) is 2.37. The number of nitrogens with zero attached hydrogens (tertiary/aromatic N) is 1. The average molecular weight is 248 g/mol. The summed E-state index contributed by atoms with van der Waals surface area (Å²) < 4.78 is 0. The molecule has 1 aromatic rings. The van der Waals surface area contributed by atoms with Gasteiger partial charge >= 0.3 is 0 Å². The molecule has 1 rings (SSSR count). The van der Waals surface area contributed by atoms with E-state index in [9.17, 15) is 4.79 Å². The lowest BCUT2D eigenvalue weighted by atomic mass is 9.78. The summed E-state index contributed by atoms with van der Waals surface area (Å²) >= 11 is 0. The first kappa shape index (κ1) is 14.7. The van der Waals surface area contributed by atoms with E-state index in [1.54, 1.807) is 0 Å². The molecule has 3 nitrogen and oxygen atoms in total. The second kappa shape index (κ2) is 5.98. The van der Waals surface area contributed by atoms with Crippen LogP contribution in [0.25, 0.3) is 0 Å². The summed E-state index contributed by atoms with van der Waals surface area (Å²) in [5.41, 5.74) is 1.84. The highest BCUT2D eigenvalue weighted by molar-refractivity contribution is 5.92. The van der Waals surface area contributed by atoms with Crippen molar-refractivity contribution >= 4 is 5.91 Å². The van der Waals surface area contributed by atoms with Gasteiger partial charge < -0.3 is 5.32 Å². The fourth-order valence-electron chi connectivity index (χ4n) is 1.88. The molecule has 0 bridgehead atoms. The molecular formula is C15H24N2O. The number of pyridine rings is 1. The van der Waals surface area contributed by atoms with Crippen molar-refractivity contribution in [2.75, 3.05) is 0 Å². The van der Waals surface area contributed by atoms with Crippen LogP contribution < -0.4 is 5.32 Å². The largest absolute Gasteiger partial charge is 0.349 e. The normalized spacial score (nSPS) is 11.7. The van der Waals surface area contributed by atoms with Crippen molar-refractivity contribution in [2.45, 2.75) is 58.9 Å². The van der Waals surface area contributed by atoms with Gasteiger partial charge in [-0.1, -0.05) is 26.8 Å². The minimum Gasteiger partial charge on any atom is -0.349 e. The molecule has 0 aliphatic carbocycles. The predicted molar refractivity (Wildman–Crippen MR) is 74.8 cm³/mol. The Kier molecular flexibility index (Phi) is 4.88. The molecule has 0 fully saturated rings. The van der Waals surface area contributed by atoms with E-state index < -0.39 is 0 Å². The van der Waals surface area contributed by atoms with Gasteiger partial charge in [-0.3, -0.25) is 9.78 Å². The van der Waals surface area contributed by atoms with Gasteiger partial charge in [0.05, 0.1) is 0 Å². The zero-order chi connectivity index (χ0) is 13.8. The van der Waals surface area contributed by atoms with E-state index in [4.69, 9.17) is 0 Å². The molecule has 0 saturated carbocycles. The molecule has 1 amide bonds. The predicted octanol–water partition coefficient (Wildman–Crippen LogP) is 3.30. The number of rotatable bonds is 5. The number of carbonyl (C=O) groups is 1. The third-order valence-electron chi connectivity index (χ3n) is 3.67. The van der Waals surface area contributed by atoms with E-state index in [0.29, 0.717) is 5.69 Å². The first-order valence-electron chi connectivity index (χ1n) is 6.70. The molecule has 0 aromatic carbocycles. The van der Waals surface area contributed by atoms with Crippen LogP contribution in [0.2, 0.25) is 0 Å². The van der Waals surface area contributed by atoms with Gasteiger partial charge in [-0.05, 0) is 43.7 Å². The summed E-state index contributed by atoms with van der Waals surface area (Å²) in [5, 5.41) is 2.84. The number of carbonyl (C=O) groups excluding carboxylic acids is 1. The quantitative estimate of drug-likeness (QED) is 0.868. The molecule has 0 spiro atoms. The maximum atomic E-state index is 11.8. The van der Waals surface area contributed by atoms with Crippen LogP contribution in [0.15, 0.2) is 18.3 Å². The van der Waals surface area contributed by atoms with Crippen molar-refractivity contribution in [1.29, 1.82) is 0 Å². The van der Waals surface area contributed by atoms with Crippen molar-refractivity contribution in [1.82, 2.24) is 10.3 Å². The van der Waals surface area contributed by atoms with Gasteiger partial charge in [-0.25, -0.2) is 0 Å². The second-order valence-corrected chi connectivity index (χ2v) is 5.33. The molecule has 1 N–H and O–H groups in total. The molecule has 0 saturated heterocycles. The van der Waals surface area contributed by atoms with Crippen LogP contribution in [0, 0.1) is 0 Å². The molecular weight excluding hydrogens is 224 g/mol. The number of hydrogen-bond acceptors (Lipinski definition) is 2. The van der Waals surface area contributed by atoms with Crippen LogP contribution in [-0.2, 0) is 5.41 Å². The minimum atomic E-state index is -0.105. The Balaban J connectivity index is 2.89.